The average Bonchev–Trinajstić information content (AvgIpc) is 3.31. The van der Waals surface area contributed by atoms with E-state index >= 15 is 0 Å². The van der Waals surface area contributed by atoms with E-state index in [1.807, 2.05) is 0 Å². The molecule has 4 rings (SSSR count). The number of hydrogen-bond donors (Lipinski definition) is 3. The molecule has 3 N–H and O–H groups in total. The van der Waals surface area contributed by atoms with Gasteiger partial charge >= 0.3 is 5.97 Å². The van der Waals surface area contributed by atoms with E-state index in [4.69, 9.17) is 4.74 Å². The summed E-state index contributed by atoms with van der Waals surface area (Å²) in [6.07, 6.45) is -2.45. The maximum atomic E-state index is 13.5. The van der Waals surface area contributed by atoms with Gasteiger partial charge in [-0.25, -0.2) is 0 Å². The van der Waals surface area contributed by atoms with Gasteiger partial charge < -0.3 is 20.1 Å². The highest BCUT2D eigenvalue weighted by Crippen LogP contribution is 2.67. The molecule has 30 heavy (non-hydrogen) atoms. The highest BCUT2D eigenvalue weighted by molar-refractivity contribution is 6.19. The molecule has 8 nitrogen and oxygen atoms in total. The Morgan fingerprint density at radius 1 is 1.23 bits per heavy atom. The number of Topliss-reactive ketones (excluding diaryl/α,β-unsaturated/α-hetero) is 2. The summed E-state index contributed by atoms with van der Waals surface area (Å²) < 4.78 is 5.18. The SMILES string of the molecule is CC1C[C@]12C(=O)C1=C(C(=O)[C@@H]2O)[C@@]2(C)CCC[C@](C)(CC(=O)O)[C@@H]2C(O)[C@H]1OC=O. The van der Waals surface area contributed by atoms with Crippen molar-refractivity contribution in [1.82, 2.24) is 0 Å². The fourth-order valence-corrected chi connectivity index (χ4v) is 7.10. The molecule has 8 heteroatoms. The number of ether oxygens (including phenoxy) is 1. The third-order valence-corrected chi connectivity index (χ3v) is 8.43. The van der Waals surface area contributed by atoms with E-state index in [2.05, 4.69) is 0 Å². The van der Waals surface area contributed by atoms with Gasteiger partial charge in [-0.15, -0.1) is 0 Å². The second-order valence-corrected chi connectivity index (χ2v) is 10.1. The summed E-state index contributed by atoms with van der Waals surface area (Å²) in [7, 11) is 0. The summed E-state index contributed by atoms with van der Waals surface area (Å²) in [5.74, 6) is -2.95. The number of carboxylic acids is 1. The minimum absolute atomic E-state index is 0.00687. The molecule has 0 aromatic carbocycles. The molecular weight excluding hydrogens is 392 g/mol. The summed E-state index contributed by atoms with van der Waals surface area (Å²) in [4.78, 5) is 49.9. The van der Waals surface area contributed by atoms with Gasteiger partial charge in [0, 0.05) is 22.5 Å². The Labute approximate surface area is 174 Å². The van der Waals surface area contributed by atoms with Crippen molar-refractivity contribution in [3.05, 3.63) is 11.1 Å². The van der Waals surface area contributed by atoms with Gasteiger partial charge in [0.1, 0.15) is 6.10 Å². The van der Waals surface area contributed by atoms with Crippen LogP contribution in [0.2, 0.25) is 0 Å². The first-order valence-corrected chi connectivity index (χ1v) is 10.5. The summed E-state index contributed by atoms with van der Waals surface area (Å²) in [5, 5.41) is 31.7. The Morgan fingerprint density at radius 2 is 1.87 bits per heavy atom. The van der Waals surface area contributed by atoms with E-state index in [1.54, 1.807) is 20.8 Å². The number of carboxylic acid groups (broad SMARTS) is 1. The highest BCUT2D eigenvalue weighted by Gasteiger charge is 2.72. The van der Waals surface area contributed by atoms with Gasteiger partial charge in [-0.2, -0.15) is 0 Å². The quantitative estimate of drug-likeness (QED) is 0.573. The van der Waals surface area contributed by atoms with Crippen molar-refractivity contribution >= 4 is 24.0 Å². The molecule has 4 aliphatic rings. The molecule has 0 aromatic rings. The van der Waals surface area contributed by atoms with Crippen LogP contribution in [0.4, 0.5) is 0 Å². The van der Waals surface area contributed by atoms with E-state index in [-0.39, 0.29) is 30.0 Å². The van der Waals surface area contributed by atoms with Gasteiger partial charge in [0.2, 0.25) is 0 Å². The third kappa shape index (κ3) is 2.46. The second-order valence-electron chi connectivity index (χ2n) is 10.1. The van der Waals surface area contributed by atoms with Crippen LogP contribution < -0.4 is 0 Å². The smallest absolute Gasteiger partial charge is 0.303 e. The van der Waals surface area contributed by atoms with E-state index in [0.29, 0.717) is 25.7 Å². The minimum Gasteiger partial charge on any atom is -0.481 e. The molecule has 0 bridgehead atoms. The van der Waals surface area contributed by atoms with Crippen LogP contribution >= 0.6 is 0 Å². The predicted octanol–water partition coefficient (Wildman–Crippen LogP) is 1.03. The van der Waals surface area contributed by atoms with Gasteiger partial charge in [0.25, 0.3) is 6.47 Å². The Hall–Kier alpha value is -2.06. The lowest BCUT2D eigenvalue weighted by molar-refractivity contribution is -0.170. The number of aliphatic hydroxyl groups excluding tert-OH is 2. The number of rotatable bonds is 4. The topological polar surface area (TPSA) is 138 Å². The molecule has 0 aliphatic heterocycles. The molecule has 1 spiro atoms. The number of carbonyl (C=O) groups excluding carboxylic acids is 3. The maximum absolute atomic E-state index is 13.5. The predicted molar refractivity (Wildman–Crippen MR) is 102 cm³/mol. The van der Waals surface area contributed by atoms with Crippen LogP contribution in [-0.2, 0) is 23.9 Å². The first kappa shape index (κ1) is 21.2. The zero-order chi connectivity index (χ0) is 22.2. The zero-order valence-electron chi connectivity index (χ0n) is 17.4. The molecular formula is C22H28O8. The van der Waals surface area contributed by atoms with Crippen molar-refractivity contribution in [1.29, 1.82) is 0 Å². The van der Waals surface area contributed by atoms with Crippen molar-refractivity contribution in [2.75, 3.05) is 0 Å². The highest BCUT2D eigenvalue weighted by atomic mass is 16.5. The van der Waals surface area contributed by atoms with Crippen molar-refractivity contribution in [3.63, 3.8) is 0 Å². The standard InChI is InChI=1S/C22H28O8/c1-10-7-22(10)18(28)12-13(14(26)19(22)29)21(3)6-4-5-20(2,8-11(24)25)17(21)15(27)16(12)30-9-23/h9-10,15-17,19,27,29H,4-8H2,1-3H3,(H,24,25)/t10?,15?,16-,17-,19-,20+,21+,22+/m0/s1. The Morgan fingerprint density at radius 3 is 2.40 bits per heavy atom. The number of ketones is 2. The van der Waals surface area contributed by atoms with Crippen LogP contribution in [-0.4, -0.2) is 57.6 Å². The Bertz CT molecular complexity index is 876. The van der Waals surface area contributed by atoms with Crippen LogP contribution in [0.3, 0.4) is 0 Å². The van der Waals surface area contributed by atoms with Crippen LogP contribution in [0.5, 0.6) is 0 Å². The average molecular weight is 420 g/mol. The molecule has 2 unspecified atom stereocenters. The lowest BCUT2D eigenvalue weighted by atomic mass is 9.45. The first-order chi connectivity index (χ1) is 14.0. The Kier molecular flexibility index (Phi) is 4.57. The van der Waals surface area contributed by atoms with Crippen molar-refractivity contribution in [2.24, 2.45) is 28.1 Å². The van der Waals surface area contributed by atoms with E-state index < -0.39 is 58.0 Å². The van der Waals surface area contributed by atoms with Crippen molar-refractivity contribution < 1.29 is 39.2 Å². The van der Waals surface area contributed by atoms with E-state index in [9.17, 15) is 34.5 Å². The molecule has 2 saturated carbocycles. The molecule has 0 amide bonds. The lowest BCUT2D eigenvalue weighted by Gasteiger charge is -2.59. The van der Waals surface area contributed by atoms with Gasteiger partial charge in [-0.3, -0.25) is 19.2 Å². The van der Waals surface area contributed by atoms with Crippen molar-refractivity contribution in [3.8, 4) is 0 Å². The van der Waals surface area contributed by atoms with E-state index in [1.165, 1.54) is 0 Å². The van der Waals surface area contributed by atoms with Gasteiger partial charge in [0.15, 0.2) is 17.7 Å². The summed E-state index contributed by atoms with van der Waals surface area (Å²) >= 11 is 0. The lowest BCUT2D eigenvalue weighted by Crippen LogP contribution is -2.63. The summed E-state index contributed by atoms with van der Waals surface area (Å²) in [6, 6.07) is 0. The maximum Gasteiger partial charge on any atom is 0.303 e. The number of fused-ring (bicyclic) bond motifs is 2. The molecule has 4 aliphatic carbocycles. The molecule has 0 heterocycles. The van der Waals surface area contributed by atoms with Crippen molar-refractivity contribution in [2.45, 2.75) is 71.2 Å². The van der Waals surface area contributed by atoms with E-state index in [0.717, 1.165) is 0 Å². The third-order valence-electron chi connectivity index (χ3n) is 8.43. The number of aliphatic hydroxyl groups is 2. The molecule has 0 radical (unpaired) electrons. The summed E-state index contributed by atoms with van der Waals surface area (Å²) in [5.41, 5.74) is -3.00. The van der Waals surface area contributed by atoms with Gasteiger partial charge in [-0.1, -0.05) is 27.2 Å². The largest absolute Gasteiger partial charge is 0.481 e. The molecule has 0 saturated heterocycles. The summed E-state index contributed by atoms with van der Waals surface area (Å²) in [6.45, 7) is 5.44. The van der Waals surface area contributed by atoms with Crippen LogP contribution in [0, 0.1) is 28.1 Å². The fourth-order valence-electron chi connectivity index (χ4n) is 7.10. The first-order valence-electron chi connectivity index (χ1n) is 10.5. The fraction of sp³-hybridized carbons (Fsp3) is 0.727. The minimum atomic E-state index is -1.48. The molecule has 0 aromatic heterocycles. The zero-order valence-corrected chi connectivity index (χ0v) is 17.4. The molecule has 8 atom stereocenters. The molecule has 164 valence electrons. The Balaban J connectivity index is 1.95. The van der Waals surface area contributed by atoms with Crippen LogP contribution in [0.15, 0.2) is 11.1 Å². The number of hydrogen-bond acceptors (Lipinski definition) is 7. The van der Waals surface area contributed by atoms with Gasteiger partial charge in [-0.05, 0) is 30.6 Å². The second kappa shape index (κ2) is 6.47. The number of aliphatic carboxylic acids is 1. The van der Waals surface area contributed by atoms with Gasteiger partial charge in [0.05, 0.1) is 17.9 Å². The molecule has 2 fully saturated rings. The van der Waals surface area contributed by atoms with Crippen LogP contribution in [0.1, 0.15) is 52.9 Å². The monoisotopic (exact) mass is 420 g/mol. The van der Waals surface area contributed by atoms with Crippen LogP contribution in [0.25, 0.3) is 0 Å². The normalized spacial score (nSPS) is 47.6. The number of carbonyl (C=O) groups is 4.